The lowest BCUT2D eigenvalue weighted by Crippen LogP contribution is -2.30. The van der Waals surface area contributed by atoms with Crippen LogP contribution >= 0.6 is 12.2 Å². The van der Waals surface area contributed by atoms with Crippen LogP contribution in [0.4, 0.5) is 18.9 Å². The van der Waals surface area contributed by atoms with Gasteiger partial charge in [0.15, 0.2) is 0 Å². The topological polar surface area (TPSA) is 55.1 Å². The largest absolute Gasteiger partial charge is 0.470 e. The Morgan fingerprint density at radius 2 is 1.85 bits per heavy atom. The van der Waals surface area contributed by atoms with Gasteiger partial charge in [-0.25, -0.2) is 0 Å². The number of carbonyl (C=O) groups excluding carboxylic acids is 1. The Bertz CT molecular complexity index is 432. The first kappa shape index (κ1) is 18.4. The molecular weight excluding hydrogens is 289 g/mol. The number of carbonyl (C=O) groups is 1. The zero-order valence-electron chi connectivity index (χ0n) is 11.2. The molecule has 0 aromatic heterocycles. The molecule has 3 nitrogen and oxygen atoms in total. The van der Waals surface area contributed by atoms with Crippen molar-refractivity contribution in [1.82, 2.24) is 0 Å². The Balaban J connectivity index is 0.000000441. The predicted octanol–water partition coefficient (Wildman–Crippen LogP) is 3.22. The molecule has 0 bridgehead atoms. The summed E-state index contributed by atoms with van der Waals surface area (Å²) in [7, 11) is 0. The number of hydrogen-bond acceptors (Lipinski definition) is 3. The number of nitrogens with two attached hydrogens (primary N) is 1. The summed E-state index contributed by atoms with van der Waals surface area (Å²) in [5, 5.41) is 5.14. The molecule has 0 aliphatic carbocycles. The molecule has 1 rings (SSSR count). The van der Waals surface area contributed by atoms with Gasteiger partial charge in [0.1, 0.15) is 0 Å². The van der Waals surface area contributed by atoms with Crippen LogP contribution in [0, 0.1) is 6.92 Å². The number of nitrogens with one attached hydrogen (secondary N) is 1. The summed E-state index contributed by atoms with van der Waals surface area (Å²) in [5.74, 6) is -2.26. The minimum Gasteiger partial charge on any atom is -0.382 e. The van der Waals surface area contributed by atoms with Crippen molar-refractivity contribution >= 4 is 29.2 Å². The van der Waals surface area contributed by atoms with E-state index < -0.39 is 12.1 Å². The Labute approximate surface area is 121 Å². The van der Waals surface area contributed by atoms with E-state index in [1.54, 1.807) is 5.37 Å². The van der Waals surface area contributed by atoms with E-state index in [9.17, 15) is 13.2 Å². The summed E-state index contributed by atoms with van der Waals surface area (Å²) < 4.78 is 32.1. The highest BCUT2D eigenvalue weighted by atomic mass is 32.1. The number of aryl methyl sites for hydroxylation is 1. The van der Waals surface area contributed by atoms with Crippen LogP contribution in [0.3, 0.4) is 0 Å². The second kappa shape index (κ2) is 8.52. The van der Waals surface area contributed by atoms with Crippen molar-refractivity contribution in [2.45, 2.75) is 32.5 Å². The van der Waals surface area contributed by atoms with E-state index in [1.165, 1.54) is 5.56 Å². The van der Waals surface area contributed by atoms with Crippen molar-refractivity contribution in [1.29, 1.82) is 0 Å². The Hall–Kier alpha value is -1.63. The van der Waals surface area contributed by atoms with Crippen LogP contribution in [-0.4, -0.2) is 23.5 Å². The van der Waals surface area contributed by atoms with Gasteiger partial charge in [0.25, 0.3) is 0 Å². The number of rotatable bonds is 4. The van der Waals surface area contributed by atoms with Crippen LogP contribution in [0.15, 0.2) is 24.3 Å². The molecule has 0 aliphatic heterocycles. The molecule has 1 amide bonds. The molecule has 0 fully saturated rings. The van der Waals surface area contributed by atoms with Crippen molar-refractivity contribution in [3.63, 3.8) is 0 Å². The smallest absolute Gasteiger partial charge is 0.382 e. The zero-order chi connectivity index (χ0) is 15.8. The van der Waals surface area contributed by atoms with Crippen LogP contribution in [0.25, 0.3) is 0 Å². The first-order chi connectivity index (χ1) is 9.16. The standard InChI is InChI=1S/C11H15NS.C2H2F3NO/c1-9-3-5-11(6-4-9)12-10(2)7-8-13;3-2(4,5)1(6)7/h3-6,8,10,12H,7H2,1-2H3;(H2,6,7). The summed E-state index contributed by atoms with van der Waals surface area (Å²) in [6.07, 6.45) is -3.94. The van der Waals surface area contributed by atoms with E-state index in [4.69, 9.17) is 17.0 Å². The van der Waals surface area contributed by atoms with Gasteiger partial charge in [0.2, 0.25) is 0 Å². The number of benzene rings is 1. The van der Waals surface area contributed by atoms with Crippen LogP contribution in [0.5, 0.6) is 0 Å². The van der Waals surface area contributed by atoms with E-state index in [-0.39, 0.29) is 0 Å². The molecule has 0 radical (unpaired) electrons. The molecule has 7 heteroatoms. The van der Waals surface area contributed by atoms with Crippen molar-refractivity contribution in [3.05, 3.63) is 29.8 Å². The van der Waals surface area contributed by atoms with Gasteiger partial charge in [-0.2, -0.15) is 13.2 Å². The monoisotopic (exact) mass is 306 g/mol. The fraction of sp³-hybridized carbons (Fsp3) is 0.385. The number of amides is 1. The zero-order valence-corrected chi connectivity index (χ0v) is 12.0. The third kappa shape index (κ3) is 8.47. The molecular formula is C13H17F3N2OS. The van der Waals surface area contributed by atoms with E-state index in [1.807, 2.05) is 0 Å². The quantitative estimate of drug-likeness (QED) is 0.840. The summed E-state index contributed by atoms with van der Waals surface area (Å²) in [6, 6.07) is 8.81. The lowest BCUT2D eigenvalue weighted by atomic mass is 10.2. The molecule has 3 N–H and O–H groups in total. The Kier molecular flexibility index (Phi) is 7.83. The van der Waals surface area contributed by atoms with E-state index in [0.29, 0.717) is 6.04 Å². The van der Waals surface area contributed by atoms with Gasteiger partial charge < -0.3 is 11.1 Å². The average Bonchev–Trinajstić information content (AvgIpc) is 2.32. The fourth-order valence-electron chi connectivity index (χ4n) is 1.14. The third-order valence-electron chi connectivity index (χ3n) is 2.19. The molecule has 1 aromatic rings. The van der Waals surface area contributed by atoms with E-state index >= 15 is 0 Å². The molecule has 0 saturated carbocycles. The molecule has 20 heavy (non-hydrogen) atoms. The minimum absolute atomic E-state index is 0.417. The van der Waals surface area contributed by atoms with Gasteiger partial charge in [0, 0.05) is 11.7 Å². The van der Waals surface area contributed by atoms with E-state index in [2.05, 4.69) is 49.2 Å². The van der Waals surface area contributed by atoms with Crippen LogP contribution in [-0.2, 0) is 4.79 Å². The van der Waals surface area contributed by atoms with Crippen molar-refractivity contribution in [2.75, 3.05) is 5.32 Å². The van der Waals surface area contributed by atoms with Crippen LogP contribution < -0.4 is 11.1 Å². The summed E-state index contributed by atoms with van der Waals surface area (Å²) in [5.41, 5.74) is 6.25. The number of anilines is 1. The summed E-state index contributed by atoms with van der Waals surface area (Å²) >= 11 is 4.80. The number of primary amides is 1. The maximum Gasteiger partial charge on any atom is 0.470 e. The fourth-order valence-corrected chi connectivity index (χ4v) is 1.43. The summed E-state index contributed by atoms with van der Waals surface area (Å²) in [6.45, 7) is 4.22. The molecule has 0 spiro atoms. The molecule has 0 saturated heterocycles. The van der Waals surface area contributed by atoms with Gasteiger partial charge in [-0.15, -0.1) is 0 Å². The number of hydrogen-bond donors (Lipinski definition) is 2. The molecule has 1 aromatic carbocycles. The molecule has 112 valence electrons. The highest BCUT2D eigenvalue weighted by molar-refractivity contribution is 7.78. The highest BCUT2D eigenvalue weighted by Gasteiger charge is 2.35. The van der Waals surface area contributed by atoms with Crippen molar-refractivity contribution in [3.8, 4) is 0 Å². The number of thiocarbonyl (C=S) groups is 1. The SMILES string of the molecule is Cc1ccc(NC(C)CC=S)cc1.NC(=O)C(F)(F)F. The third-order valence-corrected chi connectivity index (χ3v) is 2.39. The van der Waals surface area contributed by atoms with Gasteiger partial charge in [-0.1, -0.05) is 29.9 Å². The van der Waals surface area contributed by atoms with Crippen molar-refractivity contribution < 1.29 is 18.0 Å². The predicted molar refractivity (Wildman–Crippen MR) is 77.8 cm³/mol. The van der Waals surface area contributed by atoms with Crippen LogP contribution in [0.2, 0.25) is 0 Å². The van der Waals surface area contributed by atoms with Gasteiger partial charge in [0.05, 0.1) is 0 Å². The van der Waals surface area contributed by atoms with Gasteiger partial charge in [-0.05, 0) is 37.8 Å². The summed E-state index contributed by atoms with van der Waals surface area (Å²) in [4.78, 5) is 9.12. The number of alkyl halides is 3. The van der Waals surface area contributed by atoms with E-state index in [0.717, 1.165) is 12.1 Å². The number of halogens is 3. The van der Waals surface area contributed by atoms with Gasteiger partial charge >= 0.3 is 12.1 Å². The van der Waals surface area contributed by atoms with Crippen LogP contribution in [0.1, 0.15) is 18.9 Å². The molecule has 0 aliphatic rings. The maximum atomic E-state index is 10.7. The second-order valence-corrected chi connectivity index (χ2v) is 4.51. The molecule has 0 heterocycles. The second-order valence-electron chi connectivity index (χ2n) is 4.18. The Morgan fingerprint density at radius 3 is 2.20 bits per heavy atom. The lowest BCUT2D eigenvalue weighted by Gasteiger charge is -2.12. The molecule has 1 atom stereocenters. The first-order valence-corrected chi connectivity index (χ1v) is 6.27. The first-order valence-electron chi connectivity index (χ1n) is 5.80. The highest BCUT2D eigenvalue weighted by Crippen LogP contribution is 2.12. The lowest BCUT2D eigenvalue weighted by molar-refractivity contribution is -0.169. The maximum absolute atomic E-state index is 10.7. The average molecular weight is 306 g/mol. The minimum atomic E-state index is -4.86. The van der Waals surface area contributed by atoms with Crippen molar-refractivity contribution in [2.24, 2.45) is 5.73 Å². The Morgan fingerprint density at radius 1 is 1.40 bits per heavy atom. The van der Waals surface area contributed by atoms with Gasteiger partial charge in [-0.3, -0.25) is 4.79 Å². The normalized spacial score (nSPS) is 11.8. The molecule has 1 unspecified atom stereocenters.